The average molecular weight is 342 g/mol. The van der Waals surface area contributed by atoms with Crippen molar-refractivity contribution in [2.75, 3.05) is 0 Å². The van der Waals surface area contributed by atoms with Crippen LogP contribution in [0.25, 0.3) is 0 Å². The quantitative estimate of drug-likeness (QED) is 0.450. The number of rotatable bonds is 1. The molecule has 5 nitrogen and oxygen atoms in total. The topological polar surface area (TPSA) is 80.7 Å². The molecular weight excluding hydrogens is 320 g/mol. The van der Waals surface area contributed by atoms with E-state index in [9.17, 15) is 19.5 Å². The zero-order chi connectivity index (χ0) is 18.1. The minimum absolute atomic E-state index is 0.103. The second kappa shape index (κ2) is 4.93. The summed E-state index contributed by atoms with van der Waals surface area (Å²) in [6.45, 7) is 5.48. The van der Waals surface area contributed by atoms with Crippen molar-refractivity contribution < 1.29 is 24.2 Å². The molecule has 1 aliphatic heterocycles. The lowest BCUT2D eigenvalue weighted by atomic mass is 9.61. The fourth-order valence-corrected chi connectivity index (χ4v) is 5.07. The van der Waals surface area contributed by atoms with Crippen molar-refractivity contribution in [1.82, 2.24) is 0 Å². The van der Waals surface area contributed by atoms with E-state index < -0.39 is 22.6 Å². The molecule has 0 aromatic rings. The van der Waals surface area contributed by atoms with Gasteiger partial charge in [-0.2, -0.15) is 0 Å². The lowest BCUT2D eigenvalue weighted by Crippen LogP contribution is -2.43. The van der Waals surface area contributed by atoms with E-state index in [0.29, 0.717) is 12.0 Å². The molecule has 25 heavy (non-hydrogen) atoms. The van der Waals surface area contributed by atoms with Gasteiger partial charge in [0.25, 0.3) is 0 Å². The maximum atomic E-state index is 12.8. The number of aliphatic hydroxyl groups excluding tert-OH is 1. The summed E-state index contributed by atoms with van der Waals surface area (Å²) >= 11 is 0. The fourth-order valence-electron chi connectivity index (χ4n) is 5.07. The largest absolute Gasteiger partial charge is 0.507 e. The summed E-state index contributed by atoms with van der Waals surface area (Å²) in [4.78, 5) is 37.7. The average Bonchev–Trinajstić information content (AvgIpc) is 2.68. The monoisotopic (exact) mass is 342 g/mol. The Balaban J connectivity index is 1.89. The Morgan fingerprint density at radius 1 is 1.20 bits per heavy atom. The van der Waals surface area contributed by atoms with Gasteiger partial charge in [-0.25, -0.2) is 0 Å². The van der Waals surface area contributed by atoms with Crippen molar-refractivity contribution in [2.24, 2.45) is 17.3 Å². The zero-order valence-corrected chi connectivity index (χ0v) is 14.7. The molecule has 5 heteroatoms. The van der Waals surface area contributed by atoms with Gasteiger partial charge >= 0.3 is 5.97 Å². The Labute approximate surface area is 146 Å². The predicted molar refractivity (Wildman–Crippen MR) is 89.6 cm³/mol. The highest BCUT2D eigenvalue weighted by molar-refractivity contribution is 6.50. The molecule has 1 saturated carbocycles. The lowest BCUT2D eigenvalue weighted by molar-refractivity contribution is -0.152. The molecule has 2 fully saturated rings. The van der Waals surface area contributed by atoms with E-state index in [1.807, 2.05) is 13.0 Å². The van der Waals surface area contributed by atoms with Crippen molar-refractivity contribution in [3.8, 4) is 0 Å². The summed E-state index contributed by atoms with van der Waals surface area (Å²) in [6.07, 6.45) is 6.08. The number of carbonyl (C=O) groups is 3. The number of Topliss-reactive ketones (excluding diaryl/α,β-unsaturated/α-hetero) is 2. The smallest absolute Gasteiger partial charge is 0.313 e. The van der Waals surface area contributed by atoms with Gasteiger partial charge in [0.05, 0.1) is 5.41 Å². The molecule has 2 bridgehead atoms. The summed E-state index contributed by atoms with van der Waals surface area (Å²) in [7, 11) is 0. The molecule has 3 atom stereocenters. The second-order valence-corrected chi connectivity index (χ2v) is 8.21. The van der Waals surface area contributed by atoms with E-state index in [0.717, 1.165) is 12.8 Å². The molecule has 3 aliphatic carbocycles. The third kappa shape index (κ3) is 1.92. The Kier molecular flexibility index (Phi) is 3.22. The van der Waals surface area contributed by atoms with Crippen LogP contribution in [-0.2, 0) is 19.1 Å². The third-order valence-corrected chi connectivity index (χ3v) is 6.38. The highest BCUT2D eigenvalue weighted by Crippen LogP contribution is 2.59. The van der Waals surface area contributed by atoms with Crippen LogP contribution in [0.2, 0.25) is 0 Å². The summed E-state index contributed by atoms with van der Waals surface area (Å²) in [5.74, 6) is -1.93. The Morgan fingerprint density at radius 2 is 1.92 bits per heavy atom. The fraction of sp³-hybridized carbons (Fsp3) is 0.550. The zero-order valence-electron chi connectivity index (χ0n) is 14.7. The SMILES string of the molecule is CC(C)C1=C(O)C2=C(C[C@]34CCC[C@](C)(C(=O)O3)[C@H]4C=C2)C(=O)C1=O. The Morgan fingerprint density at radius 3 is 2.60 bits per heavy atom. The van der Waals surface area contributed by atoms with Crippen molar-refractivity contribution in [2.45, 2.75) is 52.1 Å². The molecule has 0 radical (unpaired) electrons. The summed E-state index contributed by atoms with van der Waals surface area (Å²) in [5.41, 5.74) is -0.504. The van der Waals surface area contributed by atoms with Gasteiger partial charge < -0.3 is 9.84 Å². The van der Waals surface area contributed by atoms with Crippen LogP contribution in [0.4, 0.5) is 0 Å². The van der Waals surface area contributed by atoms with Crippen molar-refractivity contribution in [3.63, 3.8) is 0 Å². The van der Waals surface area contributed by atoms with Crippen molar-refractivity contribution >= 4 is 17.5 Å². The molecule has 0 aromatic heterocycles. The van der Waals surface area contributed by atoms with E-state index >= 15 is 0 Å². The first-order valence-electron chi connectivity index (χ1n) is 8.88. The first-order valence-corrected chi connectivity index (χ1v) is 8.88. The molecule has 4 aliphatic rings. The van der Waals surface area contributed by atoms with E-state index in [2.05, 4.69) is 0 Å². The number of ether oxygens (including phenoxy) is 1. The molecule has 4 rings (SSSR count). The van der Waals surface area contributed by atoms with Gasteiger partial charge in [-0.15, -0.1) is 0 Å². The van der Waals surface area contributed by atoms with E-state index in [-0.39, 0.29) is 41.1 Å². The van der Waals surface area contributed by atoms with Gasteiger partial charge in [0, 0.05) is 29.1 Å². The second-order valence-electron chi connectivity index (χ2n) is 8.21. The number of esters is 1. The van der Waals surface area contributed by atoms with Gasteiger partial charge in [0.15, 0.2) is 0 Å². The number of allylic oxidation sites excluding steroid dienone is 2. The van der Waals surface area contributed by atoms with Crippen molar-refractivity contribution in [3.05, 3.63) is 34.6 Å². The molecule has 0 unspecified atom stereocenters. The van der Waals surface area contributed by atoms with Gasteiger partial charge in [-0.3, -0.25) is 14.4 Å². The number of aliphatic hydroxyl groups is 1. The molecule has 1 N–H and O–H groups in total. The molecule has 132 valence electrons. The van der Waals surface area contributed by atoms with Gasteiger partial charge in [0.2, 0.25) is 11.6 Å². The van der Waals surface area contributed by atoms with Gasteiger partial charge in [-0.1, -0.05) is 26.0 Å². The number of ketones is 2. The lowest BCUT2D eigenvalue weighted by Gasteiger charge is -2.39. The first-order chi connectivity index (χ1) is 11.7. The Hall–Kier alpha value is -2.17. The van der Waals surface area contributed by atoms with Crippen LogP contribution >= 0.6 is 0 Å². The predicted octanol–water partition coefficient (Wildman–Crippen LogP) is 2.96. The van der Waals surface area contributed by atoms with Crippen LogP contribution in [0.15, 0.2) is 34.6 Å². The molecule has 0 aromatic carbocycles. The van der Waals surface area contributed by atoms with Crippen LogP contribution in [-0.4, -0.2) is 28.2 Å². The molecule has 0 spiro atoms. The van der Waals surface area contributed by atoms with E-state index in [1.165, 1.54) is 0 Å². The van der Waals surface area contributed by atoms with Gasteiger partial charge in [0.1, 0.15) is 11.4 Å². The minimum Gasteiger partial charge on any atom is -0.507 e. The van der Waals surface area contributed by atoms with Crippen LogP contribution in [0.3, 0.4) is 0 Å². The number of hydrogen-bond donors (Lipinski definition) is 1. The standard InChI is InChI=1S/C20H22O5/c1-10(2)14-15(21)11-5-6-13-19(3)7-4-8-20(13,25-18(19)24)9-12(11)16(22)17(14)23/h5-6,10,13,21H,4,7-9H2,1-3H3/t13-,19+,20+/m1/s1. The Bertz CT molecular complexity index is 812. The summed E-state index contributed by atoms with van der Waals surface area (Å²) in [5, 5.41) is 10.7. The molecular formula is C20H22O5. The first kappa shape index (κ1) is 16.3. The van der Waals surface area contributed by atoms with Crippen LogP contribution in [0.1, 0.15) is 46.5 Å². The van der Waals surface area contributed by atoms with Crippen molar-refractivity contribution in [1.29, 1.82) is 0 Å². The van der Waals surface area contributed by atoms with Crippen LogP contribution < -0.4 is 0 Å². The summed E-state index contributed by atoms with van der Waals surface area (Å²) in [6, 6.07) is 0. The normalized spacial score (nSPS) is 37.3. The molecule has 1 heterocycles. The maximum absolute atomic E-state index is 12.8. The van der Waals surface area contributed by atoms with Gasteiger partial charge in [-0.05, 0) is 32.1 Å². The highest BCUT2D eigenvalue weighted by Gasteiger charge is 2.64. The van der Waals surface area contributed by atoms with E-state index in [4.69, 9.17) is 4.74 Å². The number of carbonyl (C=O) groups excluding carboxylic acids is 3. The highest BCUT2D eigenvalue weighted by atomic mass is 16.6. The third-order valence-electron chi connectivity index (χ3n) is 6.38. The summed E-state index contributed by atoms with van der Waals surface area (Å²) < 4.78 is 5.82. The van der Waals surface area contributed by atoms with Crippen LogP contribution in [0.5, 0.6) is 0 Å². The molecule has 0 amide bonds. The van der Waals surface area contributed by atoms with Crippen LogP contribution in [0, 0.1) is 17.3 Å². The number of hydrogen-bond acceptors (Lipinski definition) is 5. The molecule has 1 saturated heterocycles. The maximum Gasteiger partial charge on any atom is 0.313 e. The minimum atomic E-state index is -0.775. The van der Waals surface area contributed by atoms with E-state index in [1.54, 1.807) is 19.9 Å².